The maximum absolute atomic E-state index is 12.5. The Balaban J connectivity index is 0.00000180. The van der Waals surface area contributed by atoms with Crippen LogP contribution in [0.4, 0.5) is 0 Å². The summed E-state index contributed by atoms with van der Waals surface area (Å²) in [6.45, 7) is 4.71. The van der Waals surface area contributed by atoms with Crippen LogP contribution in [0.3, 0.4) is 0 Å². The molecule has 0 radical (unpaired) electrons. The first-order valence-corrected chi connectivity index (χ1v) is 7.11. The summed E-state index contributed by atoms with van der Waals surface area (Å²) in [5.74, 6) is 0.749. The lowest BCUT2D eigenvalue weighted by atomic mass is 10.1. The van der Waals surface area contributed by atoms with Crippen LogP contribution in [-0.4, -0.2) is 37.5 Å². The van der Waals surface area contributed by atoms with E-state index in [4.69, 9.17) is 0 Å². The molecule has 1 aliphatic rings. The molecule has 3 nitrogen and oxygen atoms in total. The molecule has 1 unspecified atom stereocenters. The third-order valence-corrected chi connectivity index (χ3v) is 3.99. The summed E-state index contributed by atoms with van der Waals surface area (Å²) < 4.78 is 0.961. The number of rotatable bonds is 3. The number of hydrogen-bond acceptors (Lipinski definition) is 2. The fraction of sp³-hybridized carbons (Fsp3) is 0.500. The Morgan fingerprint density at radius 2 is 2.26 bits per heavy atom. The van der Waals surface area contributed by atoms with Gasteiger partial charge in [0.2, 0.25) is 0 Å². The molecular weight excluding hydrogens is 328 g/mol. The van der Waals surface area contributed by atoms with Gasteiger partial charge in [0.05, 0.1) is 0 Å². The molecule has 0 spiro atoms. The predicted molar refractivity (Wildman–Crippen MR) is 84.1 cm³/mol. The lowest BCUT2D eigenvalue weighted by Crippen LogP contribution is -2.30. The third kappa shape index (κ3) is 3.94. The summed E-state index contributed by atoms with van der Waals surface area (Å²) in [7, 11) is 1.96. The molecule has 106 valence electrons. The van der Waals surface area contributed by atoms with Gasteiger partial charge in [0, 0.05) is 23.1 Å². The first kappa shape index (κ1) is 16.5. The van der Waals surface area contributed by atoms with Gasteiger partial charge in [-0.3, -0.25) is 4.79 Å². The molecule has 1 aliphatic heterocycles. The highest BCUT2D eigenvalue weighted by Crippen LogP contribution is 2.22. The SMILES string of the molecule is CNCC1CCN(C(=O)c2cc(Br)ccc2C)C1.Cl. The van der Waals surface area contributed by atoms with Crippen molar-refractivity contribution in [3.63, 3.8) is 0 Å². The first-order chi connectivity index (χ1) is 8.61. The Labute approximate surface area is 129 Å². The maximum atomic E-state index is 12.5. The van der Waals surface area contributed by atoms with E-state index in [1.807, 2.05) is 37.1 Å². The van der Waals surface area contributed by atoms with Crippen LogP contribution in [0.5, 0.6) is 0 Å². The summed E-state index contributed by atoms with van der Waals surface area (Å²) in [6, 6.07) is 5.88. The largest absolute Gasteiger partial charge is 0.338 e. The number of nitrogens with one attached hydrogen (secondary N) is 1. The smallest absolute Gasteiger partial charge is 0.254 e. The average Bonchev–Trinajstić information content (AvgIpc) is 2.80. The van der Waals surface area contributed by atoms with Gasteiger partial charge in [0.15, 0.2) is 0 Å². The van der Waals surface area contributed by atoms with E-state index in [-0.39, 0.29) is 18.3 Å². The van der Waals surface area contributed by atoms with Crippen molar-refractivity contribution in [2.24, 2.45) is 5.92 Å². The number of nitrogens with zero attached hydrogens (tertiary/aromatic N) is 1. The van der Waals surface area contributed by atoms with Crippen molar-refractivity contribution in [2.45, 2.75) is 13.3 Å². The van der Waals surface area contributed by atoms with Crippen molar-refractivity contribution in [1.82, 2.24) is 10.2 Å². The fourth-order valence-electron chi connectivity index (χ4n) is 2.47. The van der Waals surface area contributed by atoms with Crippen LogP contribution in [0.2, 0.25) is 0 Å². The molecule has 2 rings (SSSR count). The molecule has 0 saturated carbocycles. The van der Waals surface area contributed by atoms with Crippen LogP contribution in [0.15, 0.2) is 22.7 Å². The second kappa shape index (κ2) is 7.27. The minimum Gasteiger partial charge on any atom is -0.338 e. The second-order valence-electron chi connectivity index (χ2n) is 4.92. The lowest BCUT2D eigenvalue weighted by Gasteiger charge is -2.18. The molecular formula is C14H20BrClN2O. The predicted octanol–water partition coefficient (Wildman–Crippen LogP) is 2.86. The first-order valence-electron chi connectivity index (χ1n) is 6.32. The standard InChI is InChI=1S/C14H19BrN2O.ClH/c1-10-3-4-12(15)7-13(10)14(18)17-6-5-11(9-17)8-16-2;/h3-4,7,11,16H,5-6,8-9H2,1-2H3;1H. The maximum Gasteiger partial charge on any atom is 0.254 e. The molecule has 1 aromatic rings. The van der Waals surface area contributed by atoms with Gasteiger partial charge in [-0.15, -0.1) is 12.4 Å². The summed E-state index contributed by atoms with van der Waals surface area (Å²) in [5.41, 5.74) is 1.86. The Morgan fingerprint density at radius 1 is 1.53 bits per heavy atom. The zero-order valence-corrected chi connectivity index (χ0v) is 13.7. The van der Waals surface area contributed by atoms with Crippen LogP contribution < -0.4 is 5.32 Å². The molecule has 1 fully saturated rings. The molecule has 1 N–H and O–H groups in total. The van der Waals surface area contributed by atoms with E-state index >= 15 is 0 Å². The quantitative estimate of drug-likeness (QED) is 0.912. The van der Waals surface area contributed by atoms with Gasteiger partial charge in [-0.2, -0.15) is 0 Å². The number of carbonyl (C=O) groups excluding carboxylic acids is 1. The number of likely N-dealkylation sites (tertiary alicyclic amines) is 1. The molecule has 1 atom stereocenters. The van der Waals surface area contributed by atoms with Crippen LogP contribution >= 0.6 is 28.3 Å². The number of hydrogen-bond donors (Lipinski definition) is 1. The van der Waals surface area contributed by atoms with Crippen molar-refractivity contribution in [3.05, 3.63) is 33.8 Å². The van der Waals surface area contributed by atoms with Gasteiger partial charge in [0.1, 0.15) is 0 Å². The number of benzene rings is 1. The molecule has 19 heavy (non-hydrogen) atoms. The monoisotopic (exact) mass is 346 g/mol. The van der Waals surface area contributed by atoms with E-state index in [1.165, 1.54) is 0 Å². The molecule has 1 saturated heterocycles. The second-order valence-corrected chi connectivity index (χ2v) is 5.84. The number of carbonyl (C=O) groups is 1. The summed E-state index contributed by atoms with van der Waals surface area (Å²) >= 11 is 3.43. The topological polar surface area (TPSA) is 32.3 Å². The number of aryl methyl sites for hydroxylation is 1. The summed E-state index contributed by atoms with van der Waals surface area (Å²) in [5, 5.41) is 3.18. The highest BCUT2D eigenvalue weighted by atomic mass is 79.9. The van der Waals surface area contributed by atoms with Crippen molar-refractivity contribution in [2.75, 3.05) is 26.7 Å². The molecule has 0 aromatic heterocycles. The van der Waals surface area contributed by atoms with E-state index in [0.29, 0.717) is 5.92 Å². The molecule has 1 amide bonds. The minimum absolute atomic E-state index is 0. The lowest BCUT2D eigenvalue weighted by molar-refractivity contribution is 0.0786. The zero-order valence-electron chi connectivity index (χ0n) is 11.3. The van der Waals surface area contributed by atoms with Gasteiger partial charge in [-0.25, -0.2) is 0 Å². The van der Waals surface area contributed by atoms with Gasteiger partial charge in [-0.1, -0.05) is 22.0 Å². The fourth-order valence-corrected chi connectivity index (χ4v) is 2.83. The van der Waals surface area contributed by atoms with E-state index < -0.39 is 0 Å². The van der Waals surface area contributed by atoms with Crippen molar-refractivity contribution in [3.8, 4) is 0 Å². The molecule has 0 aliphatic carbocycles. The highest BCUT2D eigenvalue weighted by molar-refractivity contribution is 9.10. The summed E-state index contributed by atoms with van der Waals surface area (Å²) in [4.78, 5) is 14.4. The highest BCUT2D eigenvalue weighted by Gasteiger charge is 2.27. The molecule has 1 aromatic carbocycles. The Kier molecular flexibility index (Phi) is 6.30. The minimum atomic E-state index is 0. The van der Waals surface area contributed by atoms with E-state index in [2.05, 4.69) is 21.2 Å². The van der Waals surface area contributed by atoms with Gasteiger partial charge in [-0.05, 0) is 50.6 Å². The molecule has 0 bridgehead atoms. The van der Waals surface area contributed by atoms with Gasteiger partial charge in [0.25, 0.3) is 5.91 Å². The number of amides is 1. The normalized spacial score (nSPS) is 18.3. The average molecular weight is 348 g/mol. The Bertz CT molecular complexity index is 453. The number of halogens is 2. The van der Waals surface area contributed by atoms with Crippen LogP contribution in [-0.2, 0) is 0 Å². The zero-order chi connectivity index (χ0) is 13.1. The van der Waals surface area contributed by atoms with Crippen molar-refractivity contribution in [1.29, 1.82) is 0 Å². The van der Waals surface area contributed by atoms with E-state index in [1.54, 1.807) is 0 Å². The van der Waals surface area contributed by atoms with Crippen molar-refractivity contribution < 1.29 is 4.79 Å². The molecule has 5 heteroatoms. The third-order valence-electron chi connectivity index (χ3n) is 3.50. The Hall–Kier alpha value is -0.580. The van der Waals surface area contributed by atoms with Crippen LogP contribution in [0.1, 0.15) is 22.3 Å². The van der Waals surface area contributed by atoms with Gasteiger partial charge < -0.3 is 10.2 Å². The van der Waals surface area contributed by atoms with E-state index in [0.717, 1.165) is 41.7 Å². The van der Waals surface area contributed by atoms with Crippen LogP contribution in [0, 0.1) is 12.8 Å². The van der Waals surface area contributed by atoms with Crippen molar-refractivity contribution >= 4 is 34.2 Å². The molecule has 1 heterocycles. The summed E-state index contributed by atoms with van der Waals surface area (Å²) in [6.07, 6.45) is 1.10. The van der Waals surface area contributed by atoms with Crippen LogP contribution in [0.25, 0.3) is 0 Å². The van der Waals surface area contributed by atoms with E-state index in [9.17, 15) is 4.79 Å². The Morgan fingerprint density at radius 3 is 2.95 bits per heavy atom. The van der Waals surface area contributed by atoms with Gasteiger partial charge >= 0.3 is 0 Å².